The van der Waals surface area contributed by atoms with Crippen molar-refractivity contribution >= 4 is 65.5 Å². The first-order valence-electron chi connectivity index (χ1n) is 19.4. The van der Waals surface area contributed by atoms with Crippen LogP contribution in [0.3, 0.4) is 0 Å². The van der Waals surface area contributed by atoms with E-state index in [9.17, 15) is 0 Å². The third-order valence-corrected chi connectivity index (χ3v) is 11.4. The Labute approximate surface area is 330 Å². The maximum absolute atomic E-state index is 5.53. The van der Waals surface area contributed by atoms with Crippen LogP contribution in [0.15, 0.2) is 200 Å². The molecule has 4 nitrogen and oxygen atoms in total. The number of benzene rings is 9. The lowest BCUT2D eigenvalue weighted by molar-refractivity contribution is 1.04. The summed E-state index contributed by atoms with van der Waals surface area (Å²) in [6.45, 7) is 0. The molecule has 0 atom stereocenters. The van der Waals surface area contributed by atoms with Gasteiger partial charge in [0.1, 0.15) is 5.82 Å². The van der Waals surface area contributed by atoms with Crippen LogP contribution in [0.1, 0.15) is 0 Å². The van der Waals surface area contributed by atoms with Crippen LogP contribution in [0.4, 0.5) is 11.4 Å². The third-order valence-electron chi connectivity index (χ3n) is 11.4. The van der Waals surface area contributed by atoms with Crippen LogP contribution in [0.25, 0.3) is 93.7 Å². The number of anilines is 2. The zero-order valence-electron chi connectivity index (χ0n) is 31.3. The summed E-state index contributed by atoms with van der Waals surface area (Å²) in [6, 6.07) is 71.3. The van der Waals surface area contributed by atoms with E-state index in [4.69, 9.17) is 9.97 Å². The van der Waals surface area contributed by atoms with E-state index in [-0.39, 0.29) is 0 Å². The molecule has 2 aromatic heterocycles. The molecule has 9 aromatic carbocycles. The van der Waals surface area contributed by atoms with Gasteiger partial charge in [0.2, 0.25) is 0 Å². The zero-order chi connectivity index (χ0) is 37.9. The van der Waals surface area contributed by atoms with E-state index in [0.717, 1.165) is 61.6 Å². The molecule has 0 radical (unpaired) electrons. The molecule has 4 heteroatoms. The van der Waals surface area contributed by atoms with Gasteiger partial charge in [-0.15, -0.1) is 0 Å². The highest BCUT2D eigenvalue weighted by molar-refractivity contribution is 6.25. The Morgan fingerprint density at radius 2 is 0.930 bits per heavy atom. The van der Waals surface area contributed by atoms with E-state index >= 15 is 0 Å². The molecule has 0 unspecified atom stereocenters. The second-order valence-corrected chi connectivity index (χ2v) is 14.6. The fourth-order valence-corrected chi connectivity index (χ4v) is 8.73. The first kappa shape index (κ1) is 32.8. The second kappa shape index (κ2) is 13.3. The molecular formula is C53H36N4. The van der Waals surface area contributed by atoms with E-state index in [1.807, 2.05) is 0 Å². The number of aromatic nitrogens is 3. The quantitative estimate of drug-likeness (QED) is 0.160. The Morgan fingerprint density at radius 3 is 1.60 bits per heavy atom. The highest BCUT2D eigenvalue weighted by atomic mass is 15.2. The molecule has 0 spiro atoms. The van der Waals surface area contributed by atoms with Gasteiger partial charge in [-0.3, -0.25) is 4.57 Å². The highest BCUT2D eigenvalue weighted by Crippen LogP contribution is 2.45. The monoisotopic (exact) mass is 728 g/mol. The molecular weight excluding hydrogens is 693 g/mol. The summed E-state index contributed by atoms with van der Waals surface area (Å²) in [5, 5.41) is 9.70. The third kappa shape index (κ3) is 5.37. The van der Waals surface area contributed by atoms with Crippen molar-refractivity contribution in [1.82, 2.24) is 14.5 Å². The van der Waals surface area contributed by atoms with E-state index in [1.54, 1.807) is 0 Å². The van der Waals surface area contributed by atoms with Crippen molar-refractivity contribution in [3.05, 3.63) is 200 Å². The maximum atomic E-state index is 5.53. The van der Waals surface area contributed by atoms with Gasteiger partial charge in [-0.05, 0) is 62.1 Å². The number of nitrogens with zero attached hydrogens (tertiary/aromatic N) is 4. The Morgan fingerprint density at radius 1 is 0.404 bits per heavy atom. The largest absolute Gasteiger partial charge is 0.342 e. The number of hydrogen-bond donors (Lipinski definition) is 0. The van der Waals surface area contributed by atoms with Crippen molar-refractivity contribution in [2.24, 2.45) is 0 Å². The molecule has 0 N–H and O–H groups in total. The van der Waals surface area contributed by atoms with E-state index in [2.05, 4.69) is 217 Å². The van der Waals surface area contributed by atoms with Crippen LogP contribution in [0.5, 0.6) is 0 Å². The SMILES string of the molecule is CN(c1ccccc1)c1c(-c2ccccc2)ccc2c3ccccc3n(-c3cc(-c4ccccc4)nc(-c4ccc5c6ccccc6c6ccccc6c5c4)n3)c12. The summed E-state index contributed by atoms with van der Waals surface area (Å²) >= 11 is 0. The molecule has 11 rings (SSSR count). The molecule has 0 aliphatic heterocycles. The highest BCUT2D eigenvalue weighted by Gasteiger charge is 2.24. The molecule has 0 fully saturated rings. The van der Waals surface area contributed by atoms with Crippen molar-refractivity contribution in [2.45, 2.75) is 0 Å². The minimum Gasteiger partial charge on any atom is -0.342 e. The van der Waals surface area contributed by atoms with E-state index < -0.39 is 0 Å². The lowest BCUT2D eigenvalue weighted by atomic mass is 9.93. The van der Waals surface area contributed by atoms with Gasteiger partial charge in [-0.2, -0.15) is 0 Å². The van der Waals surface area contributed by atoms with E-state index in [0.29, 0.717) is 5.82 Å². The predicted octanol–water partition coefficient (Wildman–Crippen LogP) is 13.8. The van der Waals surface area contributed by atoms with Crippen molar-refractivity contribution in [2.75, 3.05) is 11.9 Å². The van der Waals surface area contributed by atoms with Gasteiger partial charge in [-0.25, -0.2) is 9.97 Å². The van der Waals surface area contributed by atoms with E-state index in [1.165, 1.54) is 37.7 Å². The molecule has 0 amide bonds. The molecule has 268 valence electrons. The molecule has 2 heterocycles. The predicted molar refractivity (Wildman–Crippen MR) is 240 cm³/mol. The van der Waals surface area contributed by atoms with Gasteiger partial charge in [0.25, 0.3) is 0 Å². The molecule has 57 heavy (non-hydrogen) atoms. The minimum atomic E-state index is 0.675. The Balaban J connectivity index is 1.24. The van der Waals surface area contributed by atoms with Crippen molar-refractivity contribution in [3.63, 3.8) is 0 Å². The summed E-state index contributed by atoms with van der Waals surface area (Å²) < 4.78 is 2.35. The molecule has 0 aliphatic carbocycles. The Hall–Kier alpha value is -7.56. The lowest BCUT2D eigenvalue weighted by Gasteiger charge is -2.25. The molecule has 0 bridgehead atoms. The minimum absolute atomic E-state index is 0.675. The molecule has 11 aromatic rings. The van der Waals surface area contributed by atoms with Crippen LogP contribution in [-0.4, -0.2) is 21.6 Å². The second-order valence-electron chi connectivity index (χ2n) is 14.6. The summed E-state index contributed by atoms with van der Waals surface area (Å²) in [5.41, 5.74) is 9.53. The summed E-state index contributed by atoms with van der Waals surface area (Å²) in [7, 11) is 2.17. The normalized spacial score (nSPS) is 11.6. The Kier molecular flexibility index (Phi) is 7.68. The fourth-order valence-electron chi connectivity index (χ4n) is 8.73. The van der Waals surface area contributed by atoms with Gasteiger partial charge in [0.15, 0.2) is 5.82 Å². The van der Waals surface area contributed by atoms with Crippen LogP contribution < -0.4 is 4.90 Å². The smallest absolute Gasteiger partial charge is 0.162 e. The Bertz CT molecular complexity index is 3260. The summed E-state index contributed by atoms with van der Waals surface area (Å²) in [6.07, 6.45) is 0. The van der Waals surface area contributed by atoms with Gasteiger partial charge >= 0.3 is 0 Å². The van der Waals surface area contributed by atoms with Crippen molar-refractivity contribution in [1.29, 1.82) is 0 Å². The summed E-state index contributed by atoms with van der Waals surface area (Å²) in [5.74, 6) is 1.48. The number of hydrogen-bond acceptors (Lipinski definition) is 3. The topological polar surface area (TPSA) is 34.0 Å². The standard InChI is InChI=1S/C53H36N4/c1-56(38-21-9-4-10-22-38)51-39(35-17-5-2-6-18-35)31-32-46-45-27-15-16-28-49(45)57(52(46)51)50-34-48(36-19-7-3-8-20-36)54-53(55-50)37-29-30-44-42-25-12-11-23-40(42)41-24-13-14-26-43(41)47(44)33-37/h2-34H,1H3. The fraction of sp³-hybridized carbons (Fsp3) is 0.0189. The van der Waals surface area contributed by atoms with Crippen molar-refractivity contribution < 1.29 is 0 Å². The zero-order valence-corrected chi connectivity index (χ0v) is 31.3. The number of fused-ring (bicyclic) bond motifs is 9. The van der Waals surface area contributed by atoms with Gasteiger partial charge in [0.05, 0.1) is 22.4 Å². The number of rotatable bonds is 6. The maximum Gasteiger partial charge on any atom is 0.162 e. The summed E-state index contributed by atoms with van der Waals surface area (Å²) in [4.78, 5) is 13.2. The van der Waals surface area contributed by atoms with Gasteiger partial charge < -0.3 is 4.90 Å². The first-order chi connectivity index (χ1) is 28.2. The van der Waals surface area contributed by atoms with Crippen LogP contribution in [-0.2, 0) is 0 Å². The van der Waals surface area contributed by atoms with Gasteiger partial charge in [0, 0.05) is 46.3 Å². The number of para-hydroxylation sites is 2. The van der Waals surface area contributed by atoms with Gasteiger partial charge in [-0.1, -0.05) is 170 Å². The van der Waals surface area contributed by atoms with Crippen LogP contribution in [0, 0.1) is 0 Å². The average Bonchev–Trinajstić information content (AvgIpc) is 3.63. The molecule has 0 saturated heterocycles. The van der Waals surface area contributed by atoms with Crippen molar-refractivity contribution in [3.8, 4) is 39.6 Å². The molecule has 0 aliphatic rings. The first-order valence-corrected chi connectivity index (χ1v) is 19.4. The lowest BCUT2D eigenvalue weighted by Crippen LogP contribution is -2.13. The van der Waals surface area contributed by atoms with Crippen LogP contribution in [0.2, 0.25) is 0 Å². The van der Waals surface area contributed by atoms with Crippen LogP contribution >= 0.6 is 0 Å². The average molecular weight is 729 g/mol. The molecule has 0 saturated carbocycles.